The van der Waals surface area contributed by atoms with Crippen molar-refractivity contribution in [2.24, 2.45) is 0 Å². The summed E-state index contributed by atoms with van der Waals surface area (Å²) in [6.45, 7) is 2.51. The first-order valence-corrected chi connectivity index (χ1v) is 11.6. The van der Waals surface area contributed by atoms with Crippen LogP contribution >= 0.6 is 35.1 Å². The van der Waals surface area contributed by atoms with E-state index in [1.807, 2.05) is 43.5 Å². The van der Waals surface area contributed by atoms with Crippen molar-refractivity contribution < 1.29 is 9.15 Å². The van der Waals surface area contributed by atoms with Crippen molar-refractivity contribution in [3.8, 4) is 17.2 Å². The molecule has 2 heterocycles. The van der Waals surface area contributed by atoms with Gasteiger partial charge in [-0.2, -0.15) is 0 Å². The highest BCUT2D eigenvalue weighted by Gasteiger charge is 2.15. The Hall–Kier alpha value is -2.22. The molecule has 2 aromatic carbocycles. The number of rotatable bonds is 7. The van der Waals surface area contributed by atoms with Gasteiger partial charge in [-0.3, -0.25) is 0 Å². The Kier molecular flexibility index (Phi) is 6.28. The first kappa shape index (κ1) is 20.1. The largest absolute Gasteiger partial charge is 0.493 e. The summed E-state index contributed by atoms with van der Waals surface area (Å²) in [6, 6.07) is 15.9. The summed E-state index contributed by atoms with van der Waals surface area (Å²) < 4.78 is 11.5. The van der Waals surface area contributed by atoms with Gasteiger partial charge in [-0.15, -0.1) is 22.0 Å². The average molecular weight is 444 g/mol. The molecule has 148 valence electrons. The van der Waals surface area contributed by atoms with Crippen LogP contribution < -0.4 is 4.74 Å². The third-order valence-electron chi connectivity index (χ3n) is 4.23. The van der Waals surface area contributed by atoms with Crippen molar-refractivity contribution in [1.29, 1.82) is 0 Å². The van der Waals surface area contributed by atoms with Crippen molar-refractivity contribution in [3.63, 3.8) is 0 Å². The monoisotopic (exact) mass is 443 g/mol. The highest BCUT2D eigenvalue weighted by atomic mass is 35.5. The third-order valence-corrected chi connectivity index (χ3v) is 6.15. The molecule has 4 rings (SSSR count). The number of para-hydroxylation sites is 1. The van der Waals surface area contributed by atoms with Crippen LogP contribution in [0.1, 0.15) is 12.5 Å². The van der Waals surface area contributed by atoms with E-state index in [1.54, 1.807) is 11.8 Å². The number of aromatic nitrogens is 3. The number of benzene rings is 2. The molecule has 0 aliphatic carbocycles. The molecule has 0 saturated heterocycles. The number of thioether (sulfide) groups is 2. The first-order chi connectivity index (χ1) is 14.2. The molecule has 0 radical (unpaired) electrons. The lowest BCUT2D eigenvalue weighted by molar-refractivity contribution is 0.340. The molecule has 8 heteroatoms. The maximum absolute atomic E-state index is 6.41. The van der Waals surface area contributed by atoms with E-state index in [1.165, 1.54) is 11.8 Å². The molecule has 0 spiro atoms. The Morgan fingerprint density at radius 2 is 1.97 bits per heavy atom. The lowest BCUT2D eigenvalue weighted by atomic mass is 10.2. The van der Waals surface area contributed by atoms with Gasteiger partial charge in [-0.05, 0) is 43.5 Å². The summed E-state index contributed by atoms with van der Waals surface area (Å²) in [5.74, 6) is 1.74. The van der Waals surface area contributed by atoms with Crippen LogP contribution in [-0.4, -0.2) is 28.0 Å². The van der Waals surface area contributed by atoms with Gasteiger partial charge in [0.25, 0.3) is 11.1 Å². The quantitative estimate of drug-likeness (QED) is 0.243. The van der Waals surface area contributed by atoms with E-state index < -0.39 is 0 Å². The molecule has 0 atom stereocenters. The van der Waals surface area contributed by atoms with Crippen LogP contribution in [0.4, 0.5) is 0 Å². The molecule has 5 nitrogen and oxygen atoms in total. The molecule has 0 aliphatic heterocycles. The van der Waals surface area contributed by atoms with E-state index in [0.29, 0.717) is 28.6 Å². The summed E-state index contributed by atoms with van der Waals surface area (Å²) in [4.78, 5) is 5.70. The molecular formula is C21H18ClN3O2S2. The fourth-order valence-corrected chi connectivity index (χ4v) is 4.30. The number of fused-ring (bicyclic) bond motifs is 1. The number of pyridine rings is 1. The van der Waals surface area contributed by atoms with Gasteiger partial charge in [0.15, 0.2) is 0 Å². The van der Waals surface area contributed by atoms with Gasteiger partial charge in [-0.1, -0.05) is 41.6 Å². The van der Waals surface area contributed by atoms with E-state index in [2.05, 4.69) is 33.4 Å². The standard InChI is InChI=1S/C21H18ClN3O2S2/c1-3-26-18-7-5-4-6-16(18)20-24-25-21(27-20)29-12-14-10-13-8-9-15(28-2)11-17(13)23-19(14)22/h4-11H,3,12H2,1-2H3. The third kappa shape index (κ3) is 4.52. The SMILES string of the molecule is CCOc1ccccc1-c1nnc(SCc2cc3ccc(SC)cc3nc2Cl)o1. The number of halogens is 1. The van der Waals surface area contributed by atoms with Gasteiger partial charge in [0.05, 0.1) is 17.7 Å². The van der Waals surface area contributed by atoms with Gasteiger partial charge >= 0.3 is 0 Å². The van der Waals surface area contributed by atoms with Gasteiger partial charge in [0.2, 0.25) is 0 Å². The van der Waals surface area contributed by atoms with Crippen molar-refractivity contribution in [2.75, 3.05) is 12.9 Å². The van der Waals surface area contributed by atoms with Crippen molar-refractivity contribution in [2.45, 2.75) is 22.8 Å². The fraction of sp³-hybridized carbons (Fsp3) is 0.190. The van der Waals surface area contributed by atoms with E-state index >= 15 is 0 Å². The zero-order valence-electron chi connectivity index (χ0n) is 15.9. The number of ether oxygens (including phenoxy) is 1. The summed E-state index contributed by atoms with van der Waals surface area (Å²) in [5.41, 5.74) is 2.60. The lowest BCUT2D eigenvalue weighted by Gasteiger charge is -2.06. The minimum Gasteiger partial charge on any atom is -0.493 e. The number of hydrogen-bond acceptors (Lipinski definition) is 7. The van der Waals surface area contributed by atoms with Crippen LogP contribution in [0.2, 0.25) is 5.15 Å². The summed E-state index contributed by atoms with van der Waals surface area (Å²) in [7, 11) is 0. The number of nitrogens with zero attached hydrogens (tertiary/aromatic N) is 3. The average Bonchev–Trinajstić information content (AvgIpc) is 3.21. The molecule has 4 aromatic rings. The maximum atomic E-state index is 6.41. The molecule has 0 amide bonds. The second-order valence-corrected chi connectivity index (χ2v) is 8.25. The van der Waals surface area contributed by atoms with Crippen molar-refractivity contribution >= 4 is 46.0 Å². The molecule has 0 N–H and O–H groups in total. The summed E-state index contributed by atoms with van der Waals surface area (Å²) in [5, 5.41) is 10.3. The Morgan fingerprint density at radius 3 is 2.79 bits per heavy atom. The predicted octanol–water partition coefficient (Wildman–Crippen LogP) is 6.35. The molecular weight excluding hydrogens is 426 g/mol. The van der Waals surface area contributed by atoms with Crippen molar-refractivity contribution in [1.82, 2.24) is 15.2 Å². The topological polar surface area (TPSA) is 61.0 Å². The van der Waals surface area contributed by atoms with Gasteiger partial charge in [-0.25, -0.2) is 4.98 Å². The minimum absolute atomic E-state index is 0.434. The molecule has 0 bridgehead atoms. The van der Waals surface area contributed by atoms with Crippen LogP contribution in [0.5, 0.6) is 5.75 Å². The van der Waals surface area contributed by atoms with Gasteiger partial charge in [0.1, 0.15) is 10.9 Å². The summed E-state index contributed by atoms with van der Waals surface area (Å²) in [6.07, 6.45) is 2.04. The molecule has 0 unspecified atom stereocenters. The van der Waals surface area contributed by atoms with Gasteiger partial charge in [0, 0.05) is 21.6 Å². The molecule has 0 saturated carbocycles. The maximum Gasteiger partial charge on any atom is 0.277 e. The smallest absolute Gasteiger partial charge is 0.277 e. The van der Waals surface area contributed by atoms with Gasteiger partial charge < -0.3 is 9.15 Å². The molecule has 0 aliphatic rings. The second kappa shape index (κ2) is 9.07. The molecule has 2 aromatic heterocycles. The number of hydrogen-bond donors (Lipinski definition) is 0. The van der Waals surface area contributed by atoms with Crippen LogP contribution in [0.25, 0.3) is 22.4 Å². The zero-order valence-corrected chi connectivity index (χ0v) is 18.3. The van der Waals surface area contributed by atoms with E-state index in [4.69, 9.17) is 20.8 Å². The van der Waals surface area contributed by atoms with Crippen molar-refractivity contribution in [3.05, 3.63) is 59.2 Å². The predicted molar refractivity (Wildman–Crippen MR) is 119 cm³/mol. The van der Waals surface area contributed by atoms with Crippen LogP contribution in [0.3, 0.4) is 0 Å². The van der Waals surface area contributed by atoms with E-state index in [-0.39, 0.29) is 0 Å². The fourth-order valence-electron chi connectivity index (χ4n) is 2.84. The normalized spacial score (nSPS) is 11.1. The van der Waals surface area contributed by atoms with Crippen LogP contribution in [0, 0.1) is 0 Å². The molecule has 0 fully saturated rings. The lowest BCUT2D eigenvalue weighted by Crippen LogP contribution is -1.93. The second-order valence-electron chi connectivity index (χ2n) is 6.09. The van der Waals surface area contributed by atoms with Crippen LogP contribution in [0.15, 0.2) is 63.1 Å². The Morgan fingerprint density at radius 1 is 1.10 bits per heavy atom. The Balaban J connectivity index is 1.52. The minimum atomic E-state index is 0.434. The summed E-state index contributed by atoms with van der Waals surface area (Å²) >= 11 is 9.52. The van der Waals surface area contributed by atoms with Crippen LogP contribution in [-0.2, 0) is 5.75 Å². The zero-order chi connectivity index (χ0) is 20.2. The van der Waals surface area contributed by atoms with E-state index in [9.17, 15) is 0 Å². The van der Waals surface area contributed by atoms with E-state index in [0.717, 1.165) is 32.7 Å². The highest BCUT2D eigenvalue weighted by molar-refractivity contribution is 7.98. The highest BCUT2D eigenvalue weighted by Crippen LogP contribution is 2.33. The Labute approximate surface area is 182 Å². The first-order valence-electron chi connectivity index (χ1n) is 8.99. The Bertz CT molecular complexity index is 1150. The molecule has 29 heavy (non-hydrogen) atoms.